The van der Waals surface area contributed by atoms with Crippen molar-refractivity contribution in [2.45, 2.75) is 19.8 Å². The molecule has 3 aromatic carbocycles. The summed E-state index contributed by atoms with van der Waals surface area (Å²) in [6, 6.07) is 23.4. The van der Waals surface area contributed by atoms with Gasteiger partial charge in [0.15, 0.2) is 0 Å². The first-order valence-corrected chi connectivity index (χ1v) is 8.95. The van der Waals surface area contributed by atoms with Gasteiger partial charge in [-0.1, -0.05) is 79.8 Å². The van der Waals surface area contributed by atoms with Crippen LogP contribution in [0.25, 0.3) is 31.9 Å². The molecule has 4 aromatic rings. The van der Waals surface area contributed by atoms with Crippen LogP contribution in [0.15, 0.2) is 66.7 Å². The molecule has 0 N–H and O–H groups in total. The van der Waals surface area contributed by atoms with Crippen LogP contribution in [-0.2, 0) is 0 Å². The predicted molar refractivity (Wildman–Crippen MR) is 102 cm³/mol. The largest absolute Gasteiger partial charge is 0.148 e. The van der Waals surface area contributed by atoms with E-state index in [2.05, 4.69) is 90.8 Å². The molecule has 1 heterocycles. The zero-order valence-electron chi connectivity index (χ0n) is 13.7. The van der Waals surface area contributed by atoms with Gasteiger partial charge in [0, 0.05) is 11.1 Å². The van der Waals surface area contributed by atoms with Crippen LogP contribution in [-0.4, -0.2) is 10.2 Å². The Balaban J connectivity index is 1.72. The number of nitrogens with zero attached hydrogens (tertiary/aromatic N) is 2. The number of benzene rings is 3. The van der Waals surface area contributed by atoms with Gasteiger partial charge < -0.3 is 0 Å². The molecule has 0 aliphatic heterocycles. The summed E-state index contributed by atoms with van der Waals surface area (Å²) in [7, 11) is 0. The van der Waals surface area contributed by atoms with Crippen LogP contribution in [0.2, 0.25) is 0 Å². The Labute approximate surface area is 145 Å². The van der Waals surface area contributed by atoms with E-state index in [1.54, 1.807) is 11.3 Å². The predicted octanol–water partition coefficient (Wildman–Crippen LogP) is 6.15. The minimum absolute atomic E-state index is 0.512. The zero-order valence-corrected chi connectivity index (χ0v) is 14.5. The lowest BCUT2D eigenvalue weighted by Gasteiger charge is -2.05. The Kier molecular flexibility index (Phi) is 3.87. The van der Waals surface area contributed by atoms with Crippen LogP contribution >= 0.6 is 11.3 Å². The van der Waals surface area contributed by atoms with Crippen molar-refractivity contribution >= 4 is 22.1 Å². The molecule has 0 unspecified atom stereocenters. The summed E-state index contributed by atoms with van der Waals surface area (Å²) in [5.74, 6) is 0.512. The molecule has 0 saturated heterocycles. The quantitative estimate of drug-likeness (QED) is 0.450. The van der Waals surface area contributed by atoms with E-state index in [1.807, 2.05) is 0 Å². The minimum atomic E-state index is 0.512. The minimum Gasteiger partial charge on any atom is -0.138 e. The Bertz CT molecular complexity index is 1000. The second kappa shape index (κ2) is 6.17. The van der Waals surface area contributed by atoms with Gasteiger partial charge in [-0.2, -0.15) is 0 Å². The maximum Gasteiger partial charge on any atom is 0.148 e. The van der Waals surface area contributed by atoms with Crippen LogP contribution < -0.4 is 0 Å². The van der Waals surface area contributed by atoms with Crippen molar-refractivity contribution < 1.29 is 0 Å². The first kappa shape index (κ1) is 15.0. The Morgan fingerprint density at radius 1 is 0.708 bits per heavy atom. The fraction of sp³-hybridized carbons (Fsp3) is 0.143. The lowest BCUT2D eigenvalue weighted by molar-refractivity contribution is 0.867. The normalized spacial score (nSPS) is 11.3. The van der Waals surface area contributed by atoms with Crippen LogP contribution in [0.4, 0.5) is 0 Å². The van der Waals surface area contributed by atoms with Gasteiger partial charge in [-0.05, 0) is 34.4 Å². The number of hydrogen-bond acceptors (Lipinski definition) is 3. The smallest absolute Gasteiger partial charge is 0.138 e. The molecule has 1 aromatic heterocycles. The zero-order chi connectivity index (χ0) is 16.5. The number of fused-ring (bicyclic) bond motifs is 1. The highest BCUT2D eigenvalue weighted by Crippen LogP contribution is 2.32. The number of hydrogen-bond donors (Lipinski definition) is 0. The lowest BCUT2D eigenvalue weighted by atomic mass is 10.0. The van der Waals surface area contributed by atoms with Crippen LogP contribution in [0.3, 0.4) is 0 Å². The fourth-order valence-electron chi connectivity index (χ4n) is 2.81. The third-order valence-electron chi connectivity index (χ3n) is 4.22. The topological polar surface area (TPSA) is 25.8 Å². The van der Waals surface area contributed by atoms with Crippen molar-refractivity contribution in [1.82, 2.24) is 10.2 Å². The second-order valence-corrected chi connectivity index (χ2v) is 7.23. The molecule has 0 bridgehead atoms. The monoisotopic (exact) mass is 330 g/mol. The SMILES string of the molecule is CC(C)c1cccc(-c2nnc(-c3ccc4ccccc4c3)s2)c1. The van der Waals surface area contributed by atoms with Gasteiger partial charge in [-0.3, -0.25) is 0 Å². The van der Waals surface area contributed by atoms with Gasteiger partial charge in [-0.15, -0.1) is 10.2 Å². The van der Waals surface area contributed by atoms with Gasteiger partial charge in [0.05, 0.1) is 0 Å². The number of rotatable bonds is 3. The Morgan fingerprint density at radius 2 is 1.42 bits per heavy atom. The summed E-state index contributed by atoms with van der Waals surface area (Å²) in [4.78, 5) is 0. The van der Waals surface area contributed by atoms with Crippen molar-refractivity contribution in [2.75, 3.05) is 0 Å². The Hall–Kier alpha value is -2.52. The molecule has 0 aliphatic rings. The maximum absolute atomic E-state index is 4.41. The third kappa shape index (κ3) is 2.83. The van der Waals surface area contributed by atoms with Gasteiger partial charge in [-0.25, -0.2) is 0 Å². The van der Waals surface area contributed by atoms with Crippen LogP contribution in [0.1, 0.15) is 25.3 Å². The molecule has 0 atom stereocenters. The Morgan fingerprint density at radius 3 is 2.17 bits per heavy atom. The first-order chi connectivity index (χ1) is 11.7. The van der Waals surface area contributed by atoms with Gasteiger partial charge in [0.1, 0.15) is 10.0 Å². The second-order valence-electron chi connectivity index (χ2n) is 6.25. The van der Waals surface area contributed by atoms with E-state index in [0.29, 0.717) is 5.92 Å². The third-order valence-corrected chi connectivity index (χ3v) is 5.24. The highest BCUT2D eigenvalue weighted by atomic mass is 32.1. The summed E-state index contributed by atoms with van der Waals surface area (Å²) >= 11 is 1.65. The van der Waals surface area contributed by atoms with Crippen LogP contribution in [0.5, 0.6) is 0 Å². The average molecular weight is 330 g/mol. The van der Waals surface area contributed by atoms with E-state index < -0.39 is 0 Å². The van der Waals surface area contributed by atoms with Crippen LogP contribution in [0, 0.1) is 0 Å². The van der Waals surface area contributed by atoms with Crippen molar-refractivity contribution in [3.63, 3.8) is 0 Å². The van der Waals surface area contributed by atoms with E-state index >= 15 is 0 Å². The molecule has 0 radical (unpaired) electrons. The van der Waals surface area contributed by atoms with E-state index in [9.17, 15) is 0 Å². The van der Waals surface area contributed by atoms with E-state index in [-0.39, 0.29) is 0 Å². The molecule has 0 aliphatic carbocycles. The van der Waals surface area contributed by atoms with Gasteiger partial charge >= 0.3 is 0 Å². The summed E-state index contributed by atoms with van der Waals surface area (Å²) in [6.45, 7) is 4.42. The summed E-state index contributed by atoms with van der Waals surface area (Å²) < 4.78 is 0. The number of aromatic nitrogens is 2. The molecular weight excluding hydrogens is 312 g/mol. The molecule has 4 rings (SSSR count). The molecule has 0 spiro atoms. The molecular formula is C21H18N2S. The summed E-state index contributed by atoms with van der Waals surface area (Å²) in [5.41, 5.74) is 3.60. The van der Waals surface area contributed by atoms with Crippen molar-refractivity contribution in [1.29, 1.82) is 0 Å². The fourth-order valence-corrected chi connectivity index (χ4v) is 3.65. The van der Waals surface area contributed by atoms with Gasteiger partial charge in [0.25, 0.3) is 0 Å². The molecule has 3 heteroatoms. The lowest BCUT2D eigenvalue weighted by Crippen LogP contribution is -1.87. The molecule has 2 nitrogen and oxygen atoms in total. The summed E-state index contributed by atoms with van der Waals surface area (Å²) in [5, 5.41) is 13.2. The van der Waals surface area contributed by atoms with E-state index in [0.717, 1.165) is 21.1 Å². The van der Waals surface area contributed by atoms with E-state index in [4.69, 9.17) is 0 Å². The van der Waals surface area contributed by atoms with Crippen molar-refractivity contribution in [3.05, 3.63) is 72.3 Å². The summed E-state index contributed by atoms with van der Waals surface area (Å²) in [6.07, 6.45) is 0. The molecule has 24 heavy (non-hydrogen) atoms. The highest BCUT2D eigenvalue weighted by Gasteiger charge is 2.10. The molecule has 118 valence electrons. The van der Waals surface area contributed by atoms with Crippen molar-refractivity contribution in [3.8, 4) is 21.1 Å². The molecule has 0 amide bonds. The van der Waals surface area contributed by atoms with Crippen molar-refractivity contribution in [2.24, 2.45) is 0 Å². The van der Waals surface area contributed by atoms with Gasteiger partial charge in [0.2, 0.25) is 0 Å². The first-order valence-electron chi connectivity index (χ1n) is 8.14. The van der Waals surface area contributed by atoms with E-state index in [1.165, 1.54) is 16.3 Å². The standard InChI is InChI=1S/C21H18N2S/c1-14(2)16-8-5-9-18(12-16)20-22-23-21(24-20)19-11-10-15-6-3-4-7-17(15)13-19/h3-14H,1-2H3. The highest BCUT2D eigenvalue weighted by molar-refractivity contribution is 7.17. The maximum atomic E-state index is 4.41. The molecule has 0 fully saturated rings. The average Bonchev–Trinajstić information content (AvgIpc) is 3.11. The molecule has 0 saturated carbocycles.